The van der Waals surface area contributed by atoms with Crippen LogP contribution in [0.2, 0.25) is 0 Å². The Hall–Kier alpha value is -11.2. The molecule has 4 aliphatic heterocycles. The number of aliphatic hydroxyl groups excluding tert-OH is 9. The van der Waals surface area contributed by atoms with E-state index >= 15 is 9.59 Å². The summed E-state index contributed by atoms with van der Waals surface area (Å²) >= 11 is 3.29. The number of rotatable bonds is 17. The minimum Gasteiger partial charge on any atom is -0.480 e. The fraction of sp³-hybridized carbons (Fsp3) is 0.480. The first-order chi connectivity index (χ1) is 55.9. The molecule has 7 rings (SSSR count). The Morgan fingerprint density at radius 1 is 0.619 bits per heavy atom. The van der Waals surface area contributed by atoms with Crippen LogP contribution in [0.3, 0.4) is 0 Å². The Morgan fingerprint density at radius 3 is 1.82 bits per heavy atom. The second kappa shape index (κ2) is 44.4. The number of fused-ring (bicyclic) bond motifs is 2. The van der Waals surface area contributed by atoms with Gasteiger partial charge in [0, 0.05) is 29.7 Å². The fourth-order valence-corrected chi connectivity index (χ4v) is 13.3. The molecule has 27 N–H and O–H groups in total. The van der Waals surface area contributed by atoms with Crippen LogP contribution in [-0.2, 0) is 83.1 Å². The highest BCUT2D eigenvalue weighted by molar-refractivity contribution is 9.10. The summed E-state index contributed by atoms with van der Waals surface area (Å²) in [5.41, 5.74) is 12.9. The van der Waals surface area contributed by atoms with E-state index < -0.39 is 288 Å². The van der Waals surface area contributed by atoms with Crippen molar-refractivity contribution in [1.82, 2.24) is 68.7 Å². The summed E-state index contributed by atoms with van der Waals surface area (Å²) in [6, 6.07) is -0.0182. The van der Waals surface area contributed by atoms with E-state index in [4.69, 9.17) is 16.2 Å². The Labute approximate surface area is 682 Å². The van der Waals surface area contributed by atoms with Gasteiger partial charge in [-0.15, -0.1) is 0 Å². The van der Waals surface area contributed by atoms with E-state index in [-0.39, 0.29) is 17.0 Å². The molecule has 3 aromatic rings. The number of carbonyl (C=O) groups excluding carboxylic acids is 14. The second-order valence-corrected chi connectivity index (χ2v) is 29.6. The van der Waals surface area contributed by atoms with Crippen LogP contribution < -0.4 is 80.2 Å². The first-order valence-corrected chi connectivity index (χ1v) is 38.2. The molecule has 4 bridgehead atoms. The van der Waals surface area contributed by atoms with Gasteiger partial charge in [-0.05, 0) is 55.5 Å². The van der Waals surface area contributed by atoms with E-state index in [0.29, 0.717) is 21.2 Å². The Kier molecular flexibility index (Phi) is 35.3. The van der Waals surface area contributed by atoms with Gasteiger partial charge in [0.25, 0.3) is 5.91 Å². The minimum absolute atomic E-state index is 0.147. The number of halogens is 1. The van der Waals surface area contributed by atoms with Crippen LogP contribution in [0.4, 0.5) is 0 Å². The van der Waals surface area contributed by atoms with Gasteiger partial charge in [0.1, 0.15) is 84.4 Å². The lowest BCUT2D eigenvalue weighted by Gasteiger charge is -2.38. The number of carbonyl (C=O) groups is 15. The van der Waals surface area contributed by atoms with Crippen LogP contribution in [0.5, 0.6) is 0 Å². The largest absolute Gasteiger partial charge is 0.480 e. The summed E-state index contributed by atoms with van der Waals surface area (Å²) in [4.78, 5) is 215. The molecule has 0 radical (unpaired) electrons. The minimum atomic E-state index is -2.74. The monoisotopic (exact) mass is 1720 g/mol. The first kappa shape index (κ1) is 93.9. The van der Waals surface area contributed by atoms with Crippen molar-refractivity contribution in [3.63, 3.8) is 0 Å². The molecule has 0 aromatic heterocycles. The summed E-state index contributed by atoms with van der Waals surface area (Å²) in [7, 11) is 0. The molecular weight excluding hydrogens is 1620 g/mol. The zero-order chi connectivity index (χ0) is 86.9. The van der Waals surface area contributed by atoms with E-state index in [9.17, 15) is 113 Å². The standard InChI is InChI=1S/C75H99BrN16O26/c1-35(23-38-11-6-4-7-12-38)17-22-51(96)44-27-56(101)81-49(31-93)68(110)86-48-30-91-29-42(92(34-91)74-62(104)60(102)53(98)33-118-74)25-46(65(107)89-58(37(3)95)72(114)87-50(32-94)69(111)84-45(64(106)83-44)24-39-13-8-5-9-14-39)80-55(100)16-10-15-43(75(116)117)82-70(112)52(97)28-79-71(113)57(36(2)40-18-20-41(76)21-19-40)88-73(115)59(61(103)63(78)105)90-66(108)47(26-54(77)99)85-67(48)109/h4-9,11-14,17-23,29,36-37,43-53,57-62,74,93-98,102-104H,10,15-16,24-28,30-34H2,1-3H3,(H2,77,99)(H2,78,105)(H,79,113)(H,80,100)(H,81,101)(H,82,112)(H,83,106)(H,84,111)(H,85,109)(H,86,110)(H,87,114)(H,88,115)(H,89,107)(H,90,108)(H,116,117)/p+1. The topological polar surface area (TPSA) is 672 Å². The van der Waals surface area contributed by atoms with E-state index in [0.717, 1.165) is 23.6 Å². The quantitative estimate of drug-likeness (QED) is 0.0558. The number of allylic oxidation sites excluding steroid dienone is 2. The van der Waals surface area contributed by atoms with Gasteiger partial charge in [0.2, 0.25) is 83.0 Å². The summed E-state index contributed by atoms with van der Waals surface area (Å²) < 4.78 is 6.42. The summed E-state index contributed by atoms with van der Waals surface area (Å²) in [5, 5.41) is 139. The van der Waals surface area contributed by atoms with Crippen LogP contribution in [0.1, 0.15) is 81.9 Å². The number of nitrogens with zero attached hydrogens (tertiary/aromatic N) is 1. The van der Waals surface area contributed by atoms with Crippen molar-refractivity contribution in [2.45, 2.75) is 187 Å². The second-order valence-electron chi connectivity index (χ2n) is 28.7. The van der Waals surface area contributed by atoms with Gasteiger partial charge >= 0.3 is 5.97 Å². The number of β-amino-alcohol motifs (C(OH)–C–C–N with tert-alkyl or cyclic N) is 1. The number of carboxylic acid groups (broad SMARTS) is 1. The smallest absolute Gasteiger partial charge is 0.326 e. The average Bonchev–Trinajstić information content (AvgIpc) is 1.61. The van der Waals surface area contributed by atoms with Crippen LogP contribution >= 0.6 is 15.9 Å². The lowest BCUT2D eigenvalue weighted by molar-refractivity contribution is -0.922. The Bertz CT molecular complexity index is 4200. The molecule has 642 valence electrons. The molecule has 1 fully saturated rings. The van der Waals surface area contributed by atoms with Crippen LogP contribution in [0.25, 0.3) is 6.08 Å². The molecule has 0 spiro atoms. The van der Waals surface area contributed by atoms with Crippen molar-refractivity contribution in [2.75, 3.05) is 39.6 Å². The number of primary amides is 2. The molecule has 43 heteroatoms. The fourth-order valence-electron chi connectivity index (χ4n) is 13.0. The van der Waals surface area contributed by atoms with Gasteiger partial charge in [0.05, 0.1) is 70.2 Å². The van der Waals surface area contributed by atoms with Gasteiger partial charge in [-0.1, -0.05) is 119 Å². The van der Waals surface area contributed by atoms with Gasteiger partial charge < -0.3 is 136 Å². The van der Waals surface area contributed by atoms with Gasteiger partial charge in [-0.3, -0.25) is 72.0 Å². The molecule has 4 aliphatic rings. The number of hydrogen-bond acceptors (Lipinski definition) is 26. The molecule has 118 heavy (non-hydrogen) atoms. The highest BCUT2D eigenvalue weighted by atomic mass is 79.9. The van der Waals surface area contributed by atoms with E-state index in [1.54, 1.807) is 73.7 Å². The summed E-state index contributed by atoms with van der Waals surface area (Å²) in [5.74, 6) is -22.3. The van der Waals surface area contributed by atoms with Crippen molar-refractivity contribution >= 4 is 111 Å². The molecule has 0 saturated carbocycles. The predicted molar refractivity (Wildman–Crippen MR) is 412 cm³/mol. The average molecular weight is 1720 g/mol. The number of hydrogen-bond donors (Lipinski definition) is 25. The van der Waals surface area contributed by atoms with E-state index in [1.807, 2.05) is 5.32 Å². The number of aliphatic hydroxyl groups is 9. The normalized spacial score (nSPS) is 29.2. The predicted octanol–water partition coefficient (Wildman–Crippen LogP) is -10.8. The van der Waals surface area contributed by atoms with Crippen molar-refractivity contribution in [3.05, 3.63) is 136 Å². The Balaban J connectivity index is 1.41. The number of amides is 14. The number of nitrogens with one attached hydrogen (secondary N) is 13. The molecule has 3 aromatic carbocycles. The van der Waals surface area contributed by atoms with Crippen molar-refractivity contribution in [3.8, 4) is 0 Å². The third-order valence-corrected chi connectivity index (χ3v) is 20.1. The molecular formula is C75H100BrN16O26+. The SMILES string of the molecule is CC(C=CC(O)C1CC(=O)NC(CO)C(=O)NC2CN3C=C(CC(NC(=O)CCCC(C(=O)O)NC(=O)C(O)CNC(=O)C(C(C)c4ccc(Br)cc4)NC(=O)C(C(O)C(N)=O)NC(=O)C(CC(N)=O)NC2=O)C(=O)NC(C(C)O)C(=O)NC(CO)C(=O)NC(Cc2ccccc2)C(=O)N1)[NH+](C1OCC(O)C(O)C1O)C3)=Cc1ccccc1. The number of nitrogens with two attached hydrogens (primary N) is 2. The van der Waals surface area contributed by atoms with Crippen molar-refractivity contribution in [2.24, 2.45) is 11.5 Å². The maximum atomic E-state index is 15.3. The lowest BCUT2D eigenvalue weighted by atomic mass is 9.92. The van der Waals surface area contributed by atoms with Gasteiger partial charge in [0.15, 0.2) is 18.9 Å². The number of carboxylic acids is 1. The molecule has 21 unspecified atom stereocenters. The number of ether oxygens (including phenoxy) is 1. The zero-order valence-corrected chi connectivity index (χ0v) is 65.7. The maximum absolute atomic E-state index is 15.3. The highest BCUT2D eigenvalue weighted by Gasteiger charge is 2.49. The summed E-state index contributed by atoms with van der Waals surface area (Å²) in [6.07, 6.45) is -16.1. The molecule has 0 aliphatic carbocycles. The molecule has 42 nitrogen and oxygen atoms in total. The lowest BCUT2D eigenvalue weighted by Crippen LogP contribution is -3.16. The summed E-state index contributed by atoms with van der Waals surface area (Å²) in [6.45, 7) is -1.81. The molecule has 4 heterocycles. The van der Waals surface area contributed by atoms with Crippen molar-refractivity contribution < 1.29 is 133 Å². The van der Waals surface area contributed by atoms with Gasteiger partial charge in [-0.2, -0.15) is 0 Å². The number of quaternary nitrogens is 1. The molecule has 1 saturated heterocycles. The highest BCUT2D eigenvalue weighted by Crippen LogP contribution is 2.24. The van der Waals surface area contributed by atoms with E-state index in [2.05, 4.69) is 74.4 Å². The molecule has 21 atom stereocenters. The maximum Gasteiger partial charge on any atom is 0.326 e. The van der Waals surface area contributed by atoms with Crippen molar-refractivity contribution in [1.29, 1.82) is 0 Å². The Morgan fingerprint density at radius 2 is 1.19 bits per heavy atom. The third-order valence-electron chi connectivity index (χ3n) is 19.6. The van der Waals surface area contributed by atoms with Crippen LogP contribution in [0.15, 0.2) is 119 Å². The van der Waals surface area contributed by atoms with Crippen LogP contribution in [0, 0.1) is 0 Å². The van der Waals surface area contributed by atoms with Gasteiger partial charge in [-0.25, -0.2) is 4.79 Å². The zero-order valence-electron chi connectivity index (χ0n) is 64.1. The number of benzene rings is 3. The molecule has 14 amide bonds. The first-order valence-electron chi connectivity index (χ1n) is 37.4. The van der Waals surface area contributed by atoms with Crippen LogP contribution in [-0.4, -0.2) is 300 Å². The van der Waals surface area contributed by atoms with E-state index in [1.165, 1.54) is 43.3 Å². The number of aliphatic carboxylic acids is 1. The third kappa shape index (κ3) is 27.2.